The molecule has 0 saturated heterocycles. The number of aryl methyl sites for hydroxylation is 2. The Morgan fingerprint density at radius 1 is 1.26 bits per heavy atom. The summed E-state index contributed by atoms with van der Waals surface area (Å²) < 4.78 is 10.4. The first kappa shape index (κ1) is 13.7. The Kier molecular flexibility index (Phi) is 3.68. The summed E-state index contributed by atoms with van der Waals surface area (Å²) in [6.45, 7) is 6.21. The zero-order chi connectivity index (χ0) is 14.0. The van der Waals surface area contributed by atoms with Gasteiger partial charge in [-0.25, -0.2) is 0 Å². The highest BCUT2D eigenvalue weighted by Gasteiger charge is 2.27. The van der Waals surface area contributed by atoms with Gasteiger partial charge in [0.05, 0.1) is 6.61 Å². The van der Waals surface area contributed by atoms with Crippen molar-refractivity contribution in [3.63, 3.8) is 0 Å². The summed E-state index contributed by atoms with van der Waals surface area (Å²) in [5, 5.41) is 3.95. The summed E-state index contributed by atoms with van der Waals surface area (Å²) in [7, 11) is 1.59. The van der Waals surface area contributed by atoms with Crippen LogP contribution in [-0.2, 0) is 10.3 Å². The standard InChI is InChI=1S/C14H19N3O2/c1-9-5-10(2)7-11(6-9)12-16-13(17-19-12)14(3,15)8-18-4/h5-7H,8,15H2,1-4H3. The molecule has 2 aromatic rings. The van der Waals surface area contributed by atoms with Gasteiger partial charge in [0, 0.05) is 12.7 Å². The number of nitrogens with zero attached hydrogens (tertiary/aromatic N) is 2. The fourth-order valence-corrected chi connectivity index (χ4v) is 2.04. The van der Waals surface area contributed by atoms with E-state index in [0.717, 1.165) is 16.7 Å². The van der Waals surface area contributed by atoms with E-state index >= 15 is 0 Å². The molecule has 0 aliphatic heterocycles. The summed E-state index contributed by atoms with van der Waals surface area (Å²) in [5.41, 5.74) is 8.55. The molecule has 19 heavy (non-hydrogen) atoms. The molecule has 2 N–H and O–H groups in total. The van der Waals surface area contributed by atoms with E-state index in [1.807, 2.05) is 32.9 Å². The van der Waals surface area contributed by atoms with Crippen molar-refractivity contribution in [2.45, 2.75) is 26.3 Å². The SMILES string of the molecule is COCC(C)(N)c1noc(-c2cc(C)cc(C)c2)n1. The lowest BCUT2D eigenvalue weighted by atomic mass is 10.0. The summed E-state index contributed by atoms with van der Waals surface area (Å²) in [5.74, 6) is 0.929. The molecule has 0 saturated carbocycles. The van der Waals surface area contributed by atoms with Crippen molar-refractivity contribution in [1.29, 1.82) is 0 Å². The average molecular weight is 261 g/mol. The zero-order valence-electron chi connectivity index (χ0n) is 11.7. The maximum Gasteiger partial charge on any atom is 0.258 e. The smallest absolute Gasteiger partial charge is 0.258 e. The van der Waals surface area contributed by atoms with Gasteiger partial charge in [-0.3, -0.25) is 0 Å². The van der Waals surface area contributed by atoms with Crippen LogP contribution < -0.4 is 5.73 Å². The molecule has 0 bridgehead atoms. The molecule has 1 atom stereocenters. The lowest BCUT2D eigenvalue weighted by Gasteiger charge is -2.18. The molecule has 1 aromatic heterocycles. The number of rotatable bonds is 4. The minimum absolute atomic E-state index is 0.332. The van der Waals surface area contributed by atoms with Crippen LogP contribution in [0.5, 0.6) is 0 Å². The Labute approximate surface area is 112 Å². The molecule has 0 amide bonds. The number of nitrogens with two attached hydrogens (primary N) is 1. The van der Waals surface area contributed by atoms with E-state index < -0.39 is 5.54 Å². The molecule has 102 valence electrons. The van der Waals surface area contributed by atoms with Crippen LogP contribution in [0.3, 0.4) is 0 Å². The van der Waals surface area contributed by atoms with E-state index in [1.165, 1.54) is 0 Å². The highest BCUT2D eigenvalue weighted by atomic mass is 16.5. The molecule has 0 aliphatic carbocycles. The third-order valence-electron chi connectivity index (χ3n) is 2.85. The van der Waals surface area contributed by atoms with E-state index in [-0.39, 0.29) is 0 Å². The van der Waals surface area contributed by atoms with Crippen molar-refractivity contribution in [2.75, 3.05) is 13.7 Å². The minimum atomic E-state index is -0.755. The van der Waals surface area contributed by atoms with Gasteiger partial charge in [0.2, 0.25) is 0 Å². The predicted octanol–water partition coefficient (Wildman–Crippen LogP) is 2.17. The van der Waals surface area contributed by atoms with Crippen LogP contribution in [0, 0.1) is 13.8 Å². The summed E-state index contributed by atoms with van der Waals surface area (Å²) >= 11 is 0. The van der Waals surface area contributed by atoms with Gasteiger partial charge in [-0.1, -0.05) is 22.3 Å². The van der Waals surface area contributed by atoms with E-state index in [2.05, 4.69) is 16.2 Å². The van der Waals surface area contributed by atoms with Crippen molar-refractivity contribution in [1.82, 2.24) is 10.1 Å². The molecule has 0 radical (unpaired) electrons. The largest absolute Gasteiger partial charge is 0.382 e. The maximum atomic E-state index is 6.09. The molecular formula is C14H19N3O2. The number of hydrogen-bond donors (Lipinski definition) is 1. The van der Waals surface area contributed by atoms with Crippen LogP contribution in [-0.4, -0.2) is 23.9 Å². The molecule has 2 rings (SSSR count). The van der Waals surface area contributed by atoms with Crippen molar-refractivity contribution in [3.05, 3.63) is 35.2 Å². The predicted molar refractivity (Wildman–Crippen MR) is 72.6 cm³/mol. The normalized spacial score (nSPS) is 14.4. The van der Waals surface area contributed by atoms with Crippen LogP contribution in [0.25, 0.3) is 11.5 Å². The first-order chi connectivity index (χ1) is 8.92. The van der Waals surface area contributed by atoms with Crippen LogP contribution in [0.4, 0.5) is 0 Å². The number of aromatic nitrogens is 2. The van der Waals surface area contributed by atoms with Gasteiger partial charge in [-0.2, -0.15) is 4.98 Å². The fraction of sp³-hybridized carbons (Fsp3) is 0.429. The van der Waals surface area contributed by atoms with E-state index in [9.17, 15) is 0 Å². The fourth-order valence-electron chi connectivity index (χ4n) is 2.04. The second-order valence-corrected chi connectivity index (χ2v) is 5.15. The highest BCUT2D eigenvalue weighted by Crippen LogP contribution is 2.23. The molecule has 5 nitrogen and oxygen atoms in total. The molecule has 1 aromatic carbocycles. The van der Waals surface area contributed by atoms with Gasteiger partial charge in [0.1, 0.15) is 5.54 Å². The minimum Gasteiger partial charge on any atom is -0.382 e. The third kappa shape index (κ3) is 3.00. The van der Waals surface area contributed by atoms with Crippen molar-refractivity contribution in [2.24, 2.45) is 5.73 Å². The Morgan fingerprint density at radius 2 is 1.89 bits per heavy atom. The number of benzene rings is 1. The number of ether oxygens (including phenoxy) is 1. The highest BCUT2D eigenvalue weighted by molar-refractivity contribution is 5.55. The lowest BCUT2D eigenvalue weighted by Crippen LogP contribution is -2.38. The van der Waals surface area contributed by atoms with Crippen LogP contribution in [0.2, 0.25) is 0 Å². The molecule has 0 spiro atoms. The molecule has 5 heteroatoms. The van der Waals surface area contributed by atoms with Gasteiger partial charge in [0.15, 0.2) is 5.82 Å². The average Bonchev–Trinajstić information content (AvgIpc) is 2.77. The van der Waals surface area contributed by atoms with Crippen molar-refractivity contribution < 1.29 is 9.26 Å². The summed E-state index contributed by atoms with van der Waals surface area (Å²) in [6, 6.07) is 6.11. The van der Waals surface area contributed by atoms with Gasteiger partial charge in [-0.05, 0) is 32.9 Å². The van der Waals surface area contributed by atoms with Crippen LogP contribution in [0.1, 0.15) is 23.9 Å². The second kappa shape index (κ2) is 5.11. The lowest BCUT2D eigenvalue weighted by molar-refractivity contribution is 0.135. The van der Waals surface area contributed by atoms with Gasteiger partial charge in [0.25, 0.3) is 5.89 Å². The van der Waals surface area contributed by atoms with Crippen molar-refractivity contribution in [3.8, 4) is 11.5 Å². The van der Waals surface area contributed by atoms with Gasteiger partial charge in [-0.15, -0.1) is 0 Å². The van der Waals surface area contributed by atoms with Gasteiger partial charge < -0.3 is 15.0 Å². The van der Waals surface area contributed by atoms with E-state index in [4.69, 9.17) is 15.0 Å². The van der Waals surface area contributed by atoms with Crippen LogP contribution in [0.15, 0.2) is 22.7 Å². The molecule has 1 heterocycles. The van der Waals surface area contributed by atoms with Gasteiger partial charge >= 0.3 is 0 Å². The number of hydrogen-bond acceptors (Lipinski definition) is 5. The summed E-state index contributed by atoms with van der Waals surface area (Å²) in [4.78, 5) is 4.37. The third-order valence-corrected chi connectivity index (χ3v) is 2.85. The topological polar surface area (TPSA) is 74.2 Å². The zero-order valence-corrected chi connectivity index (χ0v) is 11.7. The second-order valence-electron chi connectivity index (χ2n) is 5.15. The monoisotopic (exact) mass is 261 g/mol. The first-order valence-electron chi connectivity index (χ1n) is 6.13. The van der Waals surface area contributed by atoms with Crippen molar-refractivity contribution >= 4 is 0 Å². The Balaban J connectivity index is 2.35. The van der Waals surface area contributed by atoms with E-state index in [1.54, 1.807) is 7.11 Å². The quantitative estimate of drug-likeness (QED) is 0.913. The van der Waals surface area contributed by atoms with Crippen LogP contribution >= 0.6 is 0 Å². The molecule has 0 aliphatic rings. The Bertz CT molecular complexity index is 556. The molecular weight excluding hydrogens is 242 g/mol. The Hall–Kier alpha value is -1.72. The number of methoxy groups -OCH3 is 1. The Morgan fingerprint density at radius 3 is 2.47 bits per heavy atom. The maximum absolute atomic E-state index is 6.09. The molecule has 1 unspecified atom stereocenters. The van der Waals surface area contributed by atoms with E-state index in [0.29, 0.717) is 18.3 Å². The molecule has 0 fully saturated rings. The summed E-state index contributed by atoms with van der Waals surface area (Å²) in [6.07, 6.45) is 0. The first-order valence-corrected chi connectivity index (χ1v) is 6.13.